The Morgan fingerprint density at radius 3 is 2.41 bits per heavy atom. The molecule has 0 spiro atoms. The van der Waals surface area contributed by atoms with E-state index < -0.39 is 34.8 Å². The van der Waals surface area contributed by atoms with E-state index in [1.54, 1.807) is 18.2 Å². The molecule has 168 valence electrons. The Labute approximate surface area is 182 Å². The van der Waals surface area contributed by atoms with Crippen molar-refractivity contribution in [3.63, 3.8) is 0 Å². The lowest BCUT2D eigenvalue weighted by Gasteiger charge is -2.20. The molecule has 10 heteroatoms. The van der Waals surface area contributed by atoms with E-state index in [4.69, 9.17) is 16.2 Å². The van der Waals surface area contributed by atoms with Crippen LogP contribution in [0.3, 0.4) is 0 Å². The van der Waals surface area contributed by atoms with Crippen LogP contribution in [0.4, 0.5) is 18.9 Å². The van der Waals surface area contributed by atoms with Gasteiger partial charge in [0, 0.05) is 24.2 Å². The van der Waals surface area contributed by atoms with Gasteiger partial charge in [-0.25, -0.2) is 4.79 Å². The first kappa shape index (κ1) is 22.9. The number of hydrogen-bond acceptors (Lipinski definition) is 7. The molecule has 0 aromatic heterocycles. The summed E-state index contributed by atoms with van der Waals surface area (Å²) in [6, 6.07) is 9.41. The minimum Gasteiger partial charge on any atom is -0.465 e. The van der Waals surface area contributed by atoms with Crippen molar-refractivity contribution in [1.82, 2.24) is 5.32 Å². The molecule has 0 atom stereocenters. The lowest BCUT2D eigenvalue weighted by Crippen LogP contribution is -2.32. The molecule has 0 fully saturated rings. The number of carbonyl (C=O) groups is 2. The van der Waals surface area contributed by atoms with Gasteiger partial charge in [0.25, 0.3) is 0 Å². The number of halogens is 3. The van der Waals surface area contributed by atoms with Gasteiger partial charge in [0.2, 0.25) is 5.78 Å². The fourth-order valence-electron chi connectivity index (χ4n) is 3.26. The zero-order valence-electron chi connectivity index (χ0n) is 17.1. The van der Waals surface area contributed by atoms with Crippen LogP contribution in [0.5, 0.6) is 0 Å². The highest BCUT2D eigenvalue weighted by molar-refractivity contribution is 6.27. The van der Waals surface area contributed by atoms with Crippen molar-refractivity contribution in [3.8, 4) is 0 Å². The lowest BCUT2D eigenvalue weighted by molar-refractivity contribution is -0.137. The van der Waals surface area contributed by atoms with Crippen LogP contribution >= 0.6 is 0 Å². The number of hydrogen-bond donors (Lipinski definition) is 3. The Bertz CT molecular complexity index is 1110. The lowest BCUT2D eigenvalue weighted by atomic mass is 9.94. The van der Waals surface area contributed by atoms with Crippen molar-refractivity contribution in [3.05, 3.63) is 70.4 Å². The summed E-state index contributed by atoms with van der Waals surface area (Å²) in [5.41, 5.74) is 9.67. The standard InChI is InChI=1S/C22H21F3N4O3/c1-32-21(31)16(12-6-3-2-4-7-12)18(27)19(30)14-10-13(22(23,24)25)11-15(17(14)26)20-28-8-5-9-29-20/h2-4,6-7,10-11H,5,8-9,26-27H2,1H3,(H,28,29). The van der Waals surface area contributed by atoms with Crippen LogP contribution in [0.2, 0.25) is 0 Å². The third kappa shape index (κ3) is 4.58. The molecule has 0 saturated heterocycles. The summed E-state index contributed by atoms with van der Waals surface area (Å²) in [4.78, 5) is 29.8. The van der Waals surface area contributed by atoms with E-state index in [1.807, 2.05) is 0 Å². The summed E-state index contributed by atoms with van der Waals surface area (Å²) < 4.78 is 45.5. The molecule has 3 rings (SSSR count). The van der Waals surface area contributed by atoms with Crippen LogP contribution in [-0.4, -0.2) is 37.8 Å². The summed E-state index contributed by atoms with van der Waals surface area (Å²) in [5.74, 6) is -1.78. The Morgan fingerprint density at radius 2 is 1.84 bits per heavy atom. The van der Waals surface area contributed by atoms with Crippen LogP contribution in [0.1, 0.15) is 33.5 Å². The fourth-order valence-corrected chi connectivity index (χ4v) is 3.26. The van der Waals surface area contributed by atoms with Gasteiger partial charge in [0.15, 0.2) is 0 Å². The van der Waals surface area contributed by atoms with Crippen LogP contribution in [-0.2, 0) is 15.7 Å². The number of Topliss-reactive ketones (excluding diaryl/α,β-unsaturated/α-hetero) is 1. The number of rotatable bonds is 5. The molecule has 0 unspecified atom stereocenters. The molecule has 5 N–H and O–H groups in total. The number of ketones is 1. The zero-order chi connectivity index (χ0) is 23.5. The smallest absolute Gasteiger partial charge is 0.416 e. The summed E-state index contributed by atoms with van der Waals surface area (Å²) in [7, 11) is 1.10. The Hall–Kier alpha value is -3.82. The largest absolute Gasteiger partial charge is 0.465 e. The topological polar surface area (TPSA) is 120 Å². The number of amidine groups is 1. The number of carbonyl (C=O) groups excluding carboxylic acids is 2. The maximum absolute atomic E-state index is 13.6. The molecular formula is C22H21F3N4O3. The first-order chi connectivity index (χ1) is 15.1. The Kier molecular flexibility index (Phi) is 6.52. The van der Waals surface area contributed by atoms with Gasteiger partial charge in [-0.15, -0.1) is 0 Å². The van der Waals surface area contributed by atoms with Crippen molar-refractivity contribution in [2.75, 3.05) is 25.9 Å². The van der Waals surface area contributed by atoms with Crippen molar-refractivity contribution < 1.29 is 27.5 Å². The van der Waals surface area contributed by atoms with Crippen molar-refractivity contribution in [1.29, 1.82) is 0 Å². The molecule has 0 aliphatic carbocycles. The number of nitrogens with one attached hydrogen (secondary N) is 1. The summed E-state index contributed by atoms with van der Waals surface area (Å²) in [5, 5.41) is 2.90. The quantitative estimate of drug-likeness (QED) is 0.281. The highest BCUT2D eigenvalue weighted by atomic mass is 19.4. The third-order valence-electron chi connectivity index (χ3n) is 4.87. The number of anilines is 1. The van der Waals surface area contributed by atoms with Crippen LogP contribution < -0.4 is 16.8 Å². The number of allylic oxidation sites excluding steroid dienone is 1. The van der Waals surface area contributed by atoms with Crippen molar-refractivity contribution >= 4 is 28.8 Å². The molecule has 2 aromatic rings. The molecule has 0 saturated carbocycles. The average Bonchev–Trinajstić information content (AvgIpc) is 2.79. The van der Waals surface area contributed by atoms with Gasteiger partial charge in [-0.05, 0) is 24.1 Å². The highest BCUT2D eigenvalue weighted by Crippen LogP contribution is 2.34. The van der Waals surface area contributed by atoms with Crippen molar-refractivity contribution in [2.45, 2.75) is 12.6 Å². The number of aliphatic imine (C=N–C) groups is 1. The monoisotopic (exact) mass is 446 g/mol. The second-order valence-corrected chi connectivity index (χ2v) is 6.97. The third-order valence-corrected chi connectivity index (χ3v) is 4.87. The minimum atomic E-state index is -4.75. The van der Waals surface area contributed by atoms with Crippen molar-refractivity contribution in [2.24, 2.45) is 10.7 Å². The van der Waals surface area contributed by atoms with E-state index in [9.17, 15) is 22.8 Å². The van der Waals surface area contributed by atoms with Gasteiger partial charge in [-0.3, -0.25) is 9.79 Å². The molecular weight excluding hydrogens is 425 g/mol. The second kappa shape index (κ2) is 9.13. The molecule has 1 heterocycles. The first-order valence-corrected chi connectivity index (χ1v) is 9.62. The van der Waals surface area contributed by atoms with Gasteiger partial charge in [0.05, 0.1) is 29.6 Å². The molecule has 2 aromatic carbocycles. The Balaban J connectivity index is 2.23. The number of nitrogen functional groups attached to an aromatic ring is 1. The van der Waals surface area contributed by atoms with Crippen LogP contribution in [0.15, 0.2) is 53.2 Å². The van der Waals surface area contributed by atoms with Gasteiger partial charge in [-0.2, -0.15) is 13.2 Å². The van der Waals surface area contributed by atoms with E-state index in [-0.39, 0.29) is 28.2 Å². The van der Waals surface area contributed by atoms with Gasteiger partial charge in [0.1, 0.15) is 5.84 Å². The zero-order valence-corrected chi connectivity index (χ0v) is 17.1. The molecule has 1 aliphatic heterocycles. The van der Waals surface area contributed by atoms with Gasteiger partial charge < -0.3 is 21.5 Å². The number of benzene rings is 2. The second-order valence-electron chi connectivity index (χ2n) is 6.97. The molecule has 7 nitrogen and oxygen atoms in total. The number of esters is 1. The number of alkyl halides is 3. The Morgan fingerprint density at radius 1 is 1.16 bits per heavy atom. The maximum atomic E-state index is 13.6. The predicted octanol–water partition coefficient (Wildman–Crippen LogP) is 2.75. The predicted molar refractivity (Wildman–Crippen MR) is 114 cm³/mol. The SMILES string of the molecule is COC(=O)C(=C(N)C(=O)c1cc(C(F)(F)F)cc(C2=NCCCN2)c1N)c1ccccc1. The van der Waals surface area contributed by atoms with E-state index in [2.05, 4.69) is 10.3 Å². The molecule has 32 heavy (non-hydrogen) atoms. The fraction of sp³-hybridized carbons (Fsp3) is 0.227. The minimum absolute atomic E-state index is 0.0602. The molecule has 0 radical (unpaired) electrons. The number of ether oxygens (including phenoxy) is 1. The van der Waals surface area contributed by atoms with E-state index in [0.717, 1.165) is 13.2 Å². The number of nitrogens with zero attached hydrogens (tertiary/aromatic N) is 1. The molecule has 1 aliphatic rings. The summed E-state index contributed by atoms with van der Waals surface area (Å²) in [6.45, 7) is 0.907. The normalized spacial score (nSPS) is 14.7. The average molecular weight is 446 g/mol. The van der Waals surface area contributed by atoms with Crippen LogP contribution in [0, 0.1) is 0 Å². The van der Waals surface area contributed by atoms with E-state index in [0.29, 0.717) is 25.6 Å². The number of methoxy groups -OCH3 is 1. The molecule has 0 bridgehead atoms. The summed E-state index contributed by atoms with van der Waals surface area (Å²) >= 11 is 0. The molecule has 0 amide bonds. The van der Waals surface area contributed by atoms with Crippen LogP contribution in [0.25, 0.3) is 5.57 Å². The maximum Gasteiger partial charge on any atom is 0.416 e. The van der Waals surface area contributed by atoms with Gasteiger partial charge in [-0.1, -0.05) is 30.3 Å². The summed E-state index contributed by atoms with van der Waals surface area (Å²) in [6.07, 6.45) is -4.04. The first-order valence-electron chi connectivity index (χ1n) is 9.62. The highest BCUT2D eigenvalue weighted by Gasteiger charge is 2.34. The van der Waals surface area contributed by atoms with E-state index >= 15 is 0 Å². The van der Waals surface area contributed by atoms with E-state index in [1.165, 1.54) is 12.1 Å². The van der Waals surface area contributed by atoms with Gasteiger partial charge >= 0.3 is 12.1 Å². The number of nitrogens with two attached hydrogens (primary N) is 2.